The maximum atomic E-state index is 13.3. The van der Waals surface area contributed by atoms with Gasteiger partial charge in [-0.3, -0.25) is 4.79 Å². The summed E-state index contributed by atoms with van der Waals surface area (Å²) in [6.07, 6.45) is -4.71. The predicted octanol–water partition coefficient (Wildman–Crippen LogP) is 5.69. The number of halogens is 3. The van der Waals surface area contributed by atoms with Crippen molar-refractivity contribution in [2.45, 2.75) is 45.9 Å². The third-order valence-corrected chi connectivity index (χ3v) is 5.01. The van der Waals surface area contributed by atoms with E-state index in [9.17, 15) is 23.1 Å². The Bertz CT molecular complexity index is 946. The summed E-state index contributed by atoms with van der Waals surface area (Å²) >= 11 is 0. The van der Waals surface area contributed by atoms with Crippen LogP contribution in [0.1, 0.15) is 54.0 Å². The highest BCUT2D eigenvalue weighted by molar-refractivity contribution is 5.74. The van der Waals surface area contributed by atoms with Crippen molar-refractivity contribution in [2.24, 2.45) is 5.11 Å². The second kappa shape index (κ2) is 10.4. The van der Waals surface area contributed by atoms with Crippen LogP contribution >= 0.6 is 0 Å². The topological polar surface area (TPSA) is 94.8 Å². The number of nitrogens with one attached hydrogen (secondary N) is 2. The van der Waals surface area contributed by atoms with Crippen LogP contribution in [0.15, 0.2) is 35.4 Å². The fraction of sp³-hybridized carbons (Fsp3) is 0.409. The lowest BCUT2D eigenvalue weighted by Gasteiger charge is -2.23. The largest absolute Gasteiger partial charge is 0.466 e. The fourth-order valence-corrected chi connectivity index (χ4v) is 3.60. The van der Waals surface area contributed by atoms with Crippen molar-refractivity contribution in [1.29, 1.82) is 5.53 Å². The normalized spacial score (nSPS) is 12.4. The van der Waals surface area contributed by atoms with Crippen LogP contribution in [-0.4, -0.2) is 24.2 Å². The average Bonchev–Trinajstić information content (AvgIpc) is 2.72. The van der Waals surface area contributed by atoms with Crippen molar-refractivity contribution in [1.82, 2.24) is 0 Å². The summed E-state index contributed by atoms with van der Waals surface area (Å²) in [7, 11) is 0. The number of carbonyl (C=O) groups is 1. The number of rotatable bonds is 9. The molecule has 0 saturated heterocycles. The van der Waals surface area contributed by atoms with E-state index in [-0.39, 0.29) is 18.6 Å². The Morgan fingerprint density at radius 3 is 2.52 bits per heavy atom. The van der Waals surface area contributed by atoms with E-state index in [2.05, 4.69) is 10.4 Å². The van der Waals surface area contributed by atoms with Gasteiger partial charge in [-0.25, -0.2) is 5.53 Å². The van der Waals surface area contributed by atoms with Crippen LogP contribution in [0.3, 0.4) is 0 Å². The number of aliphatic hydroxyl groups is 1. The molecule has 0 saturated carbocycles. The molecule has 3 N–H and O–H groups in total. The molecule has 0 aliphatic carbocycles. The Kier molecular flexibility index (Phi) is 8.15. The van der Waals surface area contributed by atoms with Gasteiger partial charge in [0.1, 0.15) is 5.69 Å². The van der Waals surface area contributed by atoms with Crippen molar-refractivity contribution < 1.29 is 27.8 Å². The summed E-state index contributed by atoms with van der Waals surface area (Å²) < 4.78 is 44.8. The van der Waals surface area contributed by atoms with Gasteiger partial charge in [0.15, 0.2) is 0 Å². The highest BCUT2D eigenvalue weighted by atomic mass is 19.4. The molecule has 0 radical (unpaired) electrons. The van der Waals surface area contributed by atoms with Gasteiger partial charge in [0.2, 0.25) is 0 Å². The SMILES string of the molecule is CCNc1ccc(C(CC(=O)OCC)c2ccc(C(F)(F)F)c(CO)c2)c(C)c1N=N. The van der Waals surface area contributed by atoms with Crippen molar-refractivity contribution >= 4 is 17.3 Å². The van der Waals surface area contributed by atoms with E-state index in [1.54, 1.807) is 26.0 Å². The van der Waals surface area contributed by atoms with E-state index in [4.69, 9.17) is 10.3 Å². The number of nitrogens with zero attached hydrogens (tertiary/aromatic N) is 1. The van der Waals surface area contributed by atoms with Crippen LogP contribution in [0.4, 0.5) is 24.5 Å². The second-order valence-electron chi connectivity index (χ2n) is 6.95. The van der Waals surface area contributed by atoms with E-state index >= 15 is 0 Å². The summed E-state index contributed by atoms with van der Waals surface area (Å²) in [4.78, 5) is 12.3. The molecular formula is C22H26F3N3O3. The molecule has 0 amide bonds. The first-order chi connectivity index (χ1) is 14.7. The van der Waals surface area contributed by atoms with E-state index < -0.39 is 30.2 Å². The lowest BCUT2D eigenvalue weighted by molar-refractivity contribution is -0.143. The zero-order chi connectivity index (χ0) is 23.2. The van der Waals surface area contributed by atoms with Gasteiger partial charge in [-0.15, -0.1) is 0 Å². The molecule has 0 heterocycles. The number of anilines is 1. The van der Waals surface area contributed by atoms with Gasteiger partial charge in [0, 0.05) is 12.5 Å². The molecule has 168 valence electrons. The molecule has 31 heavy (non-hydrogen) atoms. The number of benzene rings is 2. The molecule has 0 aliphatic heterocycles. The molecule has 1 atom stereocenters. The quantitative estimate of drug-likeness (QED) is 0.347. The van der Waals surface area contributed by atoms with Gasteiger partial charge < -0.3 is 15.2 Å². The lowest BCUT2D eigenvalue weighted by atomic mass is 9.84. The molecule has 0 spiro atoms. The summed E-state index contributed by atoms with van der Waals surface area (Å²) in [6.45, 7) is 5.32. The van der Waals surface area contributed by atoms with Crippen LogP contribution in [0.25, 0.3) is 0 Å². The number of hydrogen-bond donors (Lipinski definition) is 3. The van der Waals surface area contributed by atoms with E-state index in [0.717, 1.165) is 6.07 Å². The number of esters is 1. The Balaban J connectivity index is 2.65. The van der Waals surface area contributed by atoms with Crippen LogP contribution in [0.5, 0.6) is 0 Å². The van der Waals surface area contributed by atoms with Gasteiger partial charge in [-0.05, 0) is 55.2 Å². The van der Waals surface area contributed by atoms with Gasteiger partial charge >= 0.3 is 12.1 Å². The molecule has 9 heteroatoms. The Morgan fingerprint density at radius 1 is 1.26 bits per heavy atom. The zero-order valence-electron chi connectivity index (χ0n) is 17.6. The van der Waals surface area contributed by atoms with Crippen LogP contribution in [-0.2, 0) is 22.3 Å². The monoisotopic (exact) mass is 437 g/mol. The third-order valence-electron chi connectivity index (χ3n) is 5.01. The molecule has 1 unspecified atom stereocenters. The van der Waals surface area contributed by atoms with E-state index in [0.29, 0.717) is 34.6 Å². The Morgan fingerprint density at radius 2 is 1.97 bits per heavy atom. The highest BCUT2D eigenvalue weighted by Gasteiger charge is 2.34. The number of hydrogen-bond acceptors (Lipinski definition) is 6. The van der Waals surface area contributed by atoms with E-state index in [1.165, 1.54) is 12.1 Å². The van der Waals surface area contributed by atoms with Crippen molar-refractivity contribution in [3.05, 3.63) is 58.1 Å². The number of aliphatic hydroxyl groups excluding tert-OH is 1. The Labute approximate surface area is 178 Å². The first-order valence-electron chi connectivity index (χ1n) is 9.89. The minimum Gasteiger partial charge on any atom is -0.466 e. The van der Waals surface area contributed by atoms with Gasteiger partial charge in [0.25, 0.3) is 0 Å². The molecule has 0 aromatic heterocycles. The molecule has 0 aliphatic rings. The predicted molar refractivity (Wildman–Crippen MR) is 111 cm³/mol. The Hall–Kier alpha value is -2.94. The smallest absolute Gasteiger partial charge is 0.416 e. The van der Waals surface area contributed by atoms with E-state index in [1.807, 2.05) is 6.92 Å². The first-order valence-corrected chi connectivity index (χ1v) is 9.89. The van der Waals surface area contributed by atoms with Crippen LogP contribution < -0.4 is 5.32 Å². The number of ether oxygens (including phenoxy) is 1. The molecule has 6 nitrogen and oxygen atoms in total. The minimum absolute atomic E-state index is 0.108. The van der Waals surface area contributed by atoms with Gasteiger partial charge in [-0.2, -0.15) is 18.3 Å². The summed E-state index contributed by atoms with van der Waals surface area (Å²) in [5, 5.41) is 16.2. The molecule has 0 bridgehead atoms. The fourth-order valence-electron chi connectivity index (χ4n) is 3.60. The van der Waals surface area contributed by atoms with Gasteiger partial charge in [-0.1, -0.05) is 18.2 Å². The number of alkyl halides is 3. The standard InChI is InChI=1S/C22H26F3N3O3/c1-4-27-19-9-7-16(13(3)21(19)28-26)17(11-20(30)31-5-2)14-6-8-18(22(23,24)25)15(10-14)12-29/h6-10,17,26-27,29H,4-5,11-12H2,1-3H3. The summed E-state index contributed by atoms with van der Waals surface area (Å²) in [5.41, 5.74) is 9.10. The molecule has 2 aromatic carbocycles. The number of carbonyl (C=O) groups excluding carboxylic acids is 1. The average molecular weight is 437 g/mol. The molecule has 2 rings (SSSR count). The summed E-state index contributed by atoms with van der Waals surface area (Å²) in [6, 6.07) is 6.98. The maximum absolute atomic E-state index is 13.3. The third kappa shape index (κ3) is 5.61. The highest BCUT2D eigenvalue weighted by Crippen LogP contribution is 2.40. The lowest BCUT2D eigenvalue weighted by Crippen LogP contribution is -2.15. The van der Waals surface area contributed by atoms with Crippen molar-refractivity contribution in [3.8, 4) is 0 Å². The van der Waals surface area contributed by atoms with Crippen molar-refractivity contribution in [2.75, 3.05) is 18.5 Å². The minimum atomic E-state index is -4.60. The van der Waals surface area contributed by atoms with Crippen LogP contribution in [0, 0.1) is 12.5 Å². The summed E-state index contributed by atoms with van der Waals surface area (Å²) in [5.74, 6) is -1.14. The molecule has 2 aromatic rings. The van der Waals surface area contributed by atoms with Crippen molar-refractivity contribution in [3.63, 3.8) is 0 Å². The second-order valence-corrected chi connectivity index (χ2v) is 6.95. The molecule has 0 fully saturated rings. The maximum Gasteiger partial charge on any atom is 0.416 e. The molecular weight excluding hydrogens is 411 g/mol. The first kappa shape index (κ1) is 24.3. The zero-order valence-corrected chi connectivity index (χ0v) is 17.6. The van der Waals surface area contributed by atoms with Gasteiger partial charge in [0.05, 0.1) is 30.9 Å². The van der Waals surface area contributed by atoms with Crippen LogP contribution in [0.2, 0.25) is 0 Å².